The van der Waals surface area contributed by atoms with Crippen molar-refractivity contribution in [3.8, 4) is 0 Å². The zero-order valence-corrected chi connectivity index (χ0v) is 19.1. The van der Waals surface area contributed by atoms with Gasteiger partial charge in [0.2, 0.25) is 10.0 Å². The van der Waals surface area contributed by atoms with Gasteiger partial charge in [-0.05, 0) is 76.2 Å². The Hall–Kier alpha value is -1.13. The van der Waals surface area contributed by atoms with E-state index < -0.39 is 33.8 Å². The third-order valence-corrected chi connectivity index (χ3v) is 9.62. The van der Waals surface area contributed by atoms with Crippen molar-refractivity contribution in [3.63, 3.8) is 0 Å². The van der Waals surface area contributed by atoms with Crippen molar-refractivity contribution in [2.75, 3.05) is 32.8 Å². The van der Waals surface area contributed by atoms with Gasteiger partial charge < -0.3 is 10.5 Å². The number of benzene rings is 1. The van der Waals surface area contributed by atoms with Gasteiger partial charge in [0, 0.05) is 30.7 Å². The molecular weight excluding hydrogens is 424 g/mol. The summed E-state index contributed by atoms with van der Waals surface area (Å²) in [7, 11) is -3.21. The summed E-state index contributed by atoms with van der Waals surface area (Å²) < 4.78 is 60.4. The summed E-state index contributed by atoms with van der Waals surface area (Å²) in [4.78, 5) is 2.36. The van der Waals surface area contributed by atoms with E-state index in [9.17, 15) is 17.2 Å². The number of halogens is 2. The number of hydrogen-bond donors (Lipinski definition) is 1. The minimum atomic E-state index is -3.21. The molecule has 2 N–H and O–H groups in total. The molecule has 3 aliphatic heterocycles. The maximum atomic E-state index is 14.2. The molecule has 174 valence electrons. The van der Waals surface area contributed by atoms with Gasteiger partial charge in [0.1, 0.15) is 17.7 Å². The average molecular weight is 458 g/mol. The van der Waals surface area contributed by atoms with Crippen LogP contribution < -0.4 is 5.73 Å². The number of piperidine rings is 1. The smallest absolute Gasteiger partial charge is 0.216 e. The molecule has 0 amide bonds. The topological polar surface area (TPSA) is 75.9 Å². The summed E-state index contributed by atoms with van der Waals surface area (Å²) in [6.45, 7) is 6.86. The van der Waals surface area contributed by atoms with Crippen LogP contribution in [-0.2, 0) is 14.8 Å². The summed E-state index contributed by atoms with van der Waals surface area (Å²) in [5.74, 6) is -0.997. The lowest BCUT2D eigenvalue weighted by Crippen LogP contribution is -2.53. The Bertz CT molecular complexity index is 903. The van der Waals surface area contributed by atoms with Crippen molar-refractivity contribution in [1.82, 2.24) is 9.21 Å². The van der Waals surface area contributed by atoms with Gasteiger partial charge in [0.05, 0.1) is 11.9 Å². The quantitative estimate of drug-likeness (QED) is 0.752. The lowest BCUT2D eigenvalue weighted by molar-refractivity contribution is -0.0626. The van der Waals surface area contributed by atoms with Crippen molar-refractivity contribution in [2.45, 2.75) is 63.0 Å². The molecule has 6 nitrogen and oxygen atoms in total. The highest BCUT2D eigenvalue weighted by Gasteiger charge is 2.46. The van der Waals surface area contributed by atoms with Crippen LogP contribution in [0.15, 0.2) is 18.2 Å². The number of hydrogen-bond acceptors (Lipinski definition) is 5. The molecule has 0 aromatic heterocycles. The molecule has 1 aromatic carbocycles. The monoisotopic (exact) mass is 457 g/mol. The molecule has 0 bridgehead atoms. The standard InChI is InChI=1S/C22H33F2N3O3S/c1-15(2)31(28,29)27-10-7-22(14-27)5-8-26(9-6-22)17-12-20(25)21(30-13-17)18-11-16(23)3-4-19(18)24/h3-4,11,15,17,20-21H,5-10,12-14,25H2,1-2H3/t17-,20+,21-/m1/s1. The van der Waals surface area contributed by atoms with Crippen LogP contribution in [0.2, 0.25) is 0 Å². The van der Waals surface area contributed by atoms with E-state index in [0.717, 1.165) is 44.5 Å². The molecule has 0 aliphatic carbocycles. The highest BCUT2D eigenvalue weighted by atomic mass is 32.2. The SMILES string of the molecule is CC(C)S(=O)(=O)N1CCC2(CCN([C@H]3CO[C@H](c4cc(F)ccc4F)[C@@H](N)C3)CC2)C1. The van der Waals surface area contributed by atoms with Crippen molar-refractivity contribution < 1.29 is 21.9 Å². The van der Waals surface area contributed by atoms with Gasteiger partial charge in [-0.25, -0.2) is 21.5 Å². The first-order chi connectivity index (χ1) is 14.6. The molecule has 3 fully saturated rings. The van der Waals surface area contributed by atoms with E-state index in [1.54, 1.807) is 18.2 Å². The third-order valence-electron chi connectivity index (χ3n) is 7.40. The molecule has 3 atom stereocenters. The molecule has 1 spiro atoms. The van der Waals surface area contributed by atoms with E-state index in [2.05, 4.69) is 4.90 Å². The van der Waals surface area contributed by atoms with Crippen LogP contribution >= 0.6 is 0 Å². The average Bonchev–Trinajstić information content (AvgIpc) is 3.15. The zero-order valence-electron chi connectivity index (χ0n) is 18.3. The van der Waals surface area contributed by atoms with Crippen molar-refractivity contribution in [2.24, 2.45) is 11.1 Å². The summed E-state index contributed by atoms with van der Waals surface area (Å²) in [5.41, 5.74) is 6.56. The van der Waals surface area contributed by atoms with E-state index >= 15 is 0 Å². The summed E-state index contributed by atoms with van der Waals surface area (Å²) >= 11 is 0. The lowest BCUT2D eigenvalue weighted by Gasteiger charge is -2.45. The lowest BCUT2D eigenvalue weighted by atomic mass is 9.77. The van der Waals surface area contributed by atoms with Crippen molar-refractivity contribution >= 4 is 10.0 Å². The van der Waals surface area contributed by atoms with Crippen LogP contribution in [0, 0.1) is 17.0 Å². The molecule has 0 unspecified atom stereocenters. The van der Waals surface area contributed by atoms with Crippen LogP contribution in [0.3, 0.4) is 0 Å². The fraction of sp³-hybridized carbons (Fsp3) is 0.727. The van der Waals surface area contributed by atoms with E-state index in [-0.39, 0.29) is 22.3 Å². The molecule has 9 heteroatoms. The molecule has 0 radical (unpaired) electrons. The van der Waals surface area contributed by atoms with Gasteiger partial charge in [-0.2, -0.15) is 0 Å². The number of ether oxygens (including phenoxy) is 1. The fourth-order valence-corrected chi connectivity index (χ4v) is 6.73. The van der Waals surface area contributed by atoms with Crippen LogP contribution in [-0.4, -0.2) is 67.7 Å². The first kappa shape index (κ1) is 23.0. The second-order valence-corrected chi connectivity index (χ2v) is 12.2. The van der Waals surface area contributed by atoms with E-state index in [1.807, 2.05) is 0 Å². The summed E-state index contributed by atoms with van der Waals surface area (Å²) in [5, 5.41) is -0.389. The van der Waals surface area contributed by atoms with Gasteiger partial charge in [-0.3, -0.25) is 4.90 Å². The number of nitrogens with two attached hydrogens (primary N) is 1. The second kappa shape index (κ2) is 8.67. The Balaban J connectivity index is 1.34. The Labute approximate surface area is 183 Å². The normalized spacial score (nSPS) is 30.3. The second-order valence-electron chi connectivity index (χ2n) is 9.69. The molecule has 31 heavy (non-hydrogen) atoms. The first-order valence-electron chi connectivity index (χ1n) is 11.2. The maximum absolute atomic E-state index is 14.2. The third kappa shape index (κ3) is 4.53. The van der Waals surface area contributed by atoms with Gasteiger partial charge in [0.15, 0.2) is 0 Å². The molecule has 4 rings (SSSR count). The number of rotatable bonds is 4. The van der Waals surface area contributed by atoms with E-state index in [1.165, 1.54) is 6.07 Å². The van der Waals surface area contributed by atoms with E-state index in [4.69, 9.17) is 10.5 Å². The number of sulfonamides is 1. The number of likely N-dealkylation sites (tertiary alicyclic amines) is 1. The van der Waals surface area contributed by atoms with Gasteiger partial charge in [0.25, 0.3) is 0 Å². The van der Waals surface area contributed by atoms with Crippen LogP contribution in [0.25, 0.3) is 0 Å². The predicted molar refractivity (Wildman–Crippen MR) is 115 cm³/mol. The Morgan fingerprint density at radius 2 is 1.84 bits per heavy atom. The largest absolute Gasteiger partial charge is 0.370 e. The Kier molecular flexibility index (Phi) is 6.44. The summed E-state index contributed by atoms with van der Waals surface area (Å²) in [6, 6.07) is 3.10. The summed E-state index contributed by atoms with van der Waals surface area (Å²) in [6.07, 6.45) is 2.82. The highest BCUT2D eigenvalue weighted by Crippen LogP contribution is 2.43. The molecule has 3 aliphatic rings. The van der Waals surface area contributed by atoms with Gasteiger partial charge >= 0.3 is 0 Å². The first-order valence-corrected chi connectivity index (χ1v) is 12.7. The Morgan fingerprint density at radius 3 is 2.48 bits per heavy atom. The van der Waals surface area contributed by atoms with Crippen molar-refractivity contribution in [3.05, 3.63) is 35.4 Å². The van der Waals surface area contributed by atoms with Crippen LogP contribution in [0.4, 0.5) is 8.78 Å². The Morgan fingerprint density at radius 1 is 1.16 bits per heavy atom. The minimum absolute atomic E-state index is 0.0589. The van der Waals surface area contributed by atoms with Gasteiger partial charge in [-0.15, -0.1) is 0 Å². The molecule has 1 aromatic rings. The highest BCUT2D eigenvalue weighted by molar-refractivity contribution is 7.89. The molecule has 3 saturated heterocycles. The molecule has 0 saturated carbocycles. The van der Waals surface area contributed by atoms with Crippen molar-refractivity contribution in [1.29, 1.82) is 0 Å². The molecule has 3 heterocycles. The zero-order chi connectivity index (χ0) is 22.4. The predicted octanol–water partition coefficient (Wildman–Crippen LogP) is 2.65. The minimum Gasteiger partial charge on any atom is -0.370 e. The maximum Gasteiger partial charge on any atom is 0.216 e. The fourth-order valence-electron chi connectivity index (χ4n) is 5.33. The van der Waals surface area contributed by atoms with Gasteiger partial charge in [-0.1, -0.05) is 0 Å². The van der Waals surface area contributed by atoms with E-state index in [0.29, 0.717) is 26.1 Å². The number of nitrogens with zero attached hydrogens (tertiary/aromatic N) is 2. The molecular formula is C22H33F2N3O3S. The van der Waals surface area contributed by atoms with Crippen LogP contribution in [0.1, 0.15) is 51.2 Å². The van der Waals surface area contributed by atoms with Crippen LogP contribution in [0.5, 0.6) is 0 Å².